The SMILES string of the molecule is CCc1ccccc1C(=O)N1CCN(C(C)C#N)CC1. The first-order valence-corrected chi connectivity index (χ1v) is 7.18. The topological polar surface area (TPSA) is 47.3 Å². The van der Waals surface area contributed by atoms with Crippen LogP contribution in [0.2, 0.25) is 0 Å². The van der Waals surface area contributed by atoms with E-state index in [9.17, 15) is 4.79 Å². The summed E-state index contributed by atoms with van der Waals surface area (Å²) in [7, 11) is 0. The number of benzene rings is 1. The van der Waals surface area contributed by atoms with Crippen molar-refractivity contribution >= 4 is 5.91 Å². The van der Waals surface area contributed by atoms with Gasteiger partial charge < -0.3 is 4.90 Å². The summed E-state index contributed by atoms with van der Waals surface area (Å²) in [6.07, 6.45) is 0.868. The lowest BCUT2D eigenvalue weighted by atomic mass is 10.0. The molecule has 1 fully saturated rings. The summed E-state index contributed by atoms with van der Waals surface area (Å²) in [6, 6.07) is 9.99. The van der Waals surface area contributed by atoms with Crippen LogP contribution in [0, 0.1) is 11.3 Å². The minimum atomic E-state index is -0.0739. The fourth-order valence-corrected chi connectivity index (χ4v) is 2.60. The molecule has 0 spiro atoms. The lowest BCUT2D eigenvalue weighted by molar-refractivity contribution is 0.0614. The van der Waals surface area contributed by atoms with Gasteiger partial charge >= 0.3 is 0 Å². The quantitative estimate of drug-likeness (QED) is 0.844. The smallest absolute Gasteiger partial charge is 0.254 e. The predicted molar refractivity (Wildman–Crippen MR) is 78.4 cm³/mol. The molecule has 1 saturated heterocycles. The van der Waals surface area contributed by atoms with Crippen LogP contribution in [0.3, 0.4) is 0 Å². The fourth-order valence-electron chi connectivity index (χ4n) is 2.60. The van der Waals surface area contributed by atoms with Crippen molar-refractivity contribution in [2.45, 2.75) is 26.3 Å². The molecule has 1 heterocycles. The third-order valence-electron chi connectivity index (χ3n) is 3.96. The summed E-state index contributed by atoms with van der Waals surface area (Å²) >= 11 is 0. The highest BCUT2D eigenvalue weighted by atomic mass is 16.2. The molecular formula is C16H21N3O. The summed E-state index contributed by atoms with van der Waals surface area (Å²) in [5.74, 6) is 0.117. The number of hydrogen-bond donors (Lipinski definition) is 0. The first-order chi connectivity index (χ1) is 9.67. The first-order valence-electron chi connectivity index (χ1n) is 7.18. The average Bonchev–Trinajstić information content (AvgIpc) is 2.53. The molecule has 106 valence electrons. The maximum atomic E-state index is 12.6. The van der Waals surface area contributed by atoms with E-state index < -0.39 is 0 Å². The van der Waals surface area contributed by atoms with Crippen LogP contribution in [0.4, 0.5) is 0 Å². The van der Waals surface area contributed by atoms with Gasteiger partial charge in [0, 0.05) is 31.7 Å². The molecule has 20 heavy (non-hydrogen) atoms. The van der Waals surface area contributed by atoms with Crippen LogP contribution in [-0.4, -0.2) is 47.9 Å². The molecule has 4 heteroatoms. The van der Waals surface area contributed by atoms with Crippen molar-refractivity contribution in [2.24, 2.45) is 0 Å². The van der Waals surface area contributed by atoms with E-state index >= 15 is 0 Å². The zero-order valence-corrected chi connectivity index (χ0v) is 12.2. The van der Waals surface area contributed by atoms with E-state index in [1.165, 1.54) is 0 Å². The largest absolute Gasteiger partial charge is 0.336 e. The maximum absolute atomic E-state index is 12.6. The number of hydrogen-bond acceptors (Lipinski definition) is 3. The Labute approximate surface area is 120 Å². The Hall–Kier alpha value is -1.86. The molecule has 2 rings (SSSR count). The molecule has 1 unspecified atom stereocenters. The number of piperazine rings is 1. The Balaban J connectivity index is 2.04. The second-order valence-corrected chi connectivity index (χ2v) is 5.14. The van der Waals surface area contributed by atoms with Gasteiger partial charge in [-0.05, 0) is 25.0 Å². The summed E-state index contributed by atoms with van der Waals surface area (Å²) in [4.78, 5) is 16.6. The van der Waals surface area contributed by atoms with Crippen molar-refractivity contribution in [1.82, 2.24) is 9.80 Å². The van der Waals surface area contributed by atoms with Gasteiger partial charge in [0.1, 0.15) is 0 Å². The monoisotopic (exact) mass is 271 g/mol. The highest BCUT2D eigenvalue weighted by molar-refractivity contribution is 5.95. The Kier molecular flexibility index (Phi) is 4.75. The van der Waals surface area contributed by atoms with Crippen LogP contribution in [0.25, 0.3) is 0 Å². The number of nitriles is 1. The first kappa shape index (κ1) is 14.5. The van der Waals surface area contributed by atoms with E-state index in [0.717, 1.165) is 30.6 Å². The Bertz CT molecular complexity index is 513. The zero-order chi connectivity index (χ0) is 14.5. The summed E-state index contributed by atoms with van der Waals surface area (Å²) < 4.78 is 0. The van der Waals surface area contributed by atoms with Crippen LogP contribution in [0.15, 0.2) is 24.3 Å². The molecule has 1 atom stereocenters. The number of aryl methyl sites for hydroxylation is 1. The van der Waals surface area contributed by atoms with Gasteiger partial charge in [-0.25, -0.2) is 0 Å². The second kappa shape index (κ2) is 6.53. The van der Waals surface area contributed by atoms with E-state index in [1.807, 2.05) is 36.1 Å². The normalized spacial score (nSPS) is 17.6. The molecule has 0 aromatic heterocycles. The third kappa shape index (κ3) is 3.00. The van der Waals surface area contributed by atoms with E-state index in [0.29, 0.717) is 13.1 Å². The Morgan fingerprint density at radius 3 is 2.55 bits per heavy atom. The maximum Gasteiger partial charge on any atom is 0.254 e. The number of amides is 1. The zero-order valence-electron chi connectivity index (χ0n) is 12.2. The molecule has 0 bridgehead atoms. The number of carbonyl (C=O) groups is 1. The Morgan fingerprint density at radius 1 is 1.30 bits per heavy atom. The van der Waals surface area contributed by atoms with Crippen molar-refractivity contribution in [2.75, 3.05) is 26.2 Å². The average molecular weight is 271 g/mol. The van der Waals surface area contributed by atoms with Crippen LogP contribution < -0.4 is 0 Å². The molecule has 0 radical (unpaired) electrons. The number of carbonyl (C=O) groups excluding carboxylic acids is 1. The van der Waals surface area contributed by atoms with Crippen LogP contribution in [0.5, 0.6) is 0 Å². The predicted octanol–water partition coefficient (Wildman–Crippen LogP) is 1.92. The summed E-state index contributed by atoms with van der Waals surface area (Å²) in [5, 5.41) is 8.94. The van der Waals surface area contributed by atoms with Crippen molar-refractivity contribution < 1.29 is 4.79 Å². The molecule has 1 aromatic rings. The van der Waals surface area contributed by atoms with E-state index in [2.05, 4.69) is 17.9 Å². The van der Waals surface area contributed by atoms with Gasteiger partial charge in [-0.1, -0.05) is 25.1 Å². The van der Waals surface area contributed by atoms with E-state index in [1.54, 1.807) is 0 Å². The molecule has 1 aliphatic heterocycles. The van der Waals surface area contributed by atoms with Gasteiger partial charge in [0.05, 0.1) is 12.1 Å². The molecule has 0 N–H and O–H groups in total. The van der Waals surface area contributed by atoms with Gasteiger partial charge in [0.2, 0.25) is 0 Å². The molecule has 0 aliphatic carbocycles. The lowest BCUT2D eigenvalue weighted by Gasteiger charge is -2.36. The number of rotatable bonds is 3. The molecule has 1 amide bonds. The highest BCUT2D eigenvalue weighted by Gasteiger charge is 2.25. The summed E-state index contributed by atoms with van der Waals surface area (Å²) in [5.41, 5.74) is 1.92. The number of nitrogens with zero attached hydrogens (tertiary/aromatic N) is 3. The lowest BCUT2D eigenvalue weighted by Crippen LogP contribution is -2.51. The third-order valence-corrected chi connectivity index (χ3v) is 3.96. The minimum absolute atomic E-state index is 0.0739. The van der Waals surface area contributed by atoms with Crippen molar-refractivity contribution in [3.8, 4) is 6.07 Å². The fraction of sp³-hybridized carbons (Fsp3) is 0.500. The van der Waals surface area contributed by atoms with E-state index in [-0.39, 0.29) is 11.9 Å². The second-order valence-electron chi connectivity index (χ2n) is 5.14. The van der Waals surface area contributed by atoms with Gasteiger partial charge in [0.25, 0.3) is 5.91 Å². The molecule has 0 saturated carbocycles. The standard InChI is InChI=1S/C16H21N3O/c1-3-14-6-4-5-7-15(14)16(20)19-10-8-18(9-11-19)13(2)12-17/h4-7,13H,3,8-11H2,1-2H3. The molecule has 1 aromatic carbocycles. The summed E-state index contributed by atoms with van der Waals surface area (Å²) in [6.45, 7) is 6.91. The van der Waals surface area contributed by atoms with Crippen LogP contribution in [-0.2, 0) is 6.42 Å². The van der Waals surface area contributed by atoms with Crippen LogP contribution in [0.1, 0.15) is 29.8 Å². The van der Waals surface area contributed by atoms with Gasteiger partial charge in [-0.3, -0.25) is 9.69 Å². The van der Waals surface area contributed by atoms with Crippen molar-refractivity contribution in [1.29, 1.82) is 5.26 Å². The molecular weight excluding hydrogens is 250 g/mol. The van der Waals surface area contributed by atoms with Crippen LogP contribution >= 0.6 is 0 Å². The van der Waals surface area contributed by atoms with Gasteiger partial charge in [0.15, 0.2) is 0 Å². The highest BCUT2D eigenvalue weighted by Crippen LogP contribution is 2.15. The van der Waals surface area contributed by atoms with Crippen molar-refractivity contribution in [3.05, 3.63) is 35.4 Å². The Morgan fingerprint density at radius 2 is 1.95 bits per heavy atom. The molecule has 1 aliphatic rings. The minimum Gasteiger partial charge on any atom is -0.336 e. The molecule has 4 nitrogen and oxygen atoms in total. The van der Waals surface area contributed by atoms with Crippen molar-refractivity contribution in [3.63, 3.8) is 0 Å². The van der Waals surface area contributed by atoms with E-state index in [4.69, 9.17) is 5.26 Å². The van der Waals surface area contributed by atoms with Gasteiger partial charge in [-0.15, -0.1) is 0 Å². The van der Waals surface area contributed by atoms with Gasteiger partial charge in [-0.2, -0.15) is 5.26 Å².